The summed E-state index contributed by atoms with van der Waals surface area (Å²) in [6.07, 6.45) is 1.50. The Morgan fingerprint density at radius 2 is 1.90 bits per heavy atom. The Hall–Kier alpha value is -0.690. The van der Waals surface area contributed by atoms with Gasteiger partial charge in [0.25, 0.3) is 0 Å². The average Bonchev–Trinajstić information content (AvgIpc) is 2.40. The highest BCUT2D eigenvalue weighted by Gasteiger charge is 2.34. The smallest absolute Gasteiger partial charge is 0.246 e. The van der Waals surface area contributed by atoms with Gasteiger partial charge < -0.3 is 5.73 Å². The van der Waals surface area contributed by atoms with Crippen LogP contribution in [0, 0.1) is 11.2 Å². The van der Waals surface area contributed by atoms with E-state index in [2.05, 4.69) is 13.8 Å². The molecule has 1 aromatic rings. The lowest BCUT2D eigenvalue weighted by Gasteiger charge is -2.36. The van der Waals surface area contributed by atoms with E-state index in [0.717, 1.165) is 18.9 Å². The van der Waals surface area contributed by atoms with Crippen molar-refractivity contribution in [2.75, 3.05) is 13.1 Å². The number of rotatable bonds is 3. The second kappa shape index (κ2) is 5.83. The Labute approximate surface area is 130 Å². The summed E-state index contributed by atoms with van der Waals surface area (Å²) in [6, 6.07) is 2.51. The lowest BCUT2D eigenvalue weighted by molar-refractivity contribution is 0.195. The SMILES string of the molecule is CC1(C)CCN(S(=O)(=O)c2cc(Cl)cc(CN)c2F)CC1. The van der Waals surface area contributed by atoms with Crippen LogP contribution < -0.4 is 5.73 Å². The minimum Gasteiger partial charge on any atom is -0.326 e. The first-order valence-electron chi connectivity index (χ1n) is 6.85. The van der Waals surface area contributed by atoms with Crippen LogP contribution in [0.3, 0.4) is 0 Å². The molecule has 1 heterocycles. The number of halogens is 2. The summed E-state index contributed by atoms with van der Waals surface area (Å²) >= 11 is 5.89. The van der Waals surface area contributed by atoms with Crippen LogP contribution in [0.4, 0.5) is 4.39 Å². The first-order valence-corrected chi connectivity index (χ1v) is 8.67. The molecule has 0 saturated carbocycles. The maximum absolute atomic E-state index is 14.3. The summed E-state index contributed by atoms with van der Waals surface area (Å²) in [4.78, 5) is -0.379. The van der Waals surface area contributed by atoms with Crippen LogP contribution in [0.1, 0.15) is 32.3 Å². The Morgan fingerprint density at radius 1 is 1.33 bits per heavy atom. The van der Waals surface area contributed by atoms with Crippen molar-refractivity contribution in [1.29, 1.82) is 0 Å². The molecule has 1 aliphatic rings. The molecule has 4 nitrogen and oxygen atoms in total. The zero-order chi connectivity index (χ0) is 15.8. The summed E-state index contributed by atoms with van der Waals surface area (Å²) in [7, 11) is -3.88. The summed E-state index contributed by atoms with van der Waals surface area (Å²) in [6.45, 7) is 4.88. The third-order valence-corrected chi connectivity index (χ3v) is 6.11. The molecule has 1 aliphatic heterocycles. The minimum atomic E-state index is -3.88. The van der Waals surface area contributed by atoms with Gasteiger partial charge in [0.05, 0.1) is 0 Å². The molecule has 0 radical (unpaired) electrons. The van der Waals surface area contributed by atoms with Gasteiger partial charge in [0.2, 0.25) is 10.0 Å². The van der Waals surface area contributed by atoms with Gasteiger partial charge in [-0.3, -0.25) is 0 Å². The van der Waals surface area contributed by atoms with Gasteiger partial charge in [-0.25, -0.2) is 12.8 Å². The molecule has 7 heteroatoms. The lowest BCUT2D eigenvalue weighted by Crippen LogP contribution is -2.41. The molecule has 2 N–H and O–H groups in total. The molecule has 0 aliphatic carbocycles. The van der Waals surface area contributed by atoms with E-state index in [-0.39, 0.29) is 27.4 Å². The fraction of sp³-hybridized carbons (Fsp3) is 0.571. The van der Waals surface area contributed by atoms with Crippen molar-refractivity contribution in [3.63, 3.8) is 0 Å². The molecule has 2 rings (SSSR count). The molecule has 0 bridgehead atoms. The molecular weight excluding hydrogens is 315 g/mol. The van der Waals surface area contributed by atoms with E-state index < -0.39 is 15.8 Å². The number of nitrogens with two attached hydrogens (primary N) is 1. The van der Waals surface area contributed by atoms with Crippen LogP contribution in [0.2, 0.25) is 5.02 Å². The van der Waals surface area contributed by atoms with Crippen molar-refractivity contribution in [1.82, 2.24) is 4.31 Å². The minimum absolute atomic E-state index is 0.0953. The van der Waals surface area contributed by atoms with E-state index in [1.807, 2.05) is 0 Å². The van der Waals surface area contributed by atoms with E-state index in [1.54, 1.807) is 0 Å². The normalized spacial score (nSPS) is 19.7. The van der Waals surface area contributed by atoms with E-state index in [1.165, 1.54) is 10.4 Å². The summed E-state index contributed by atoms with van der Waals surface area (Å²) in [5.41, 5.74) is 5.66. The maximum Gasteiger partial charge on any atom is 0.246 e. The van der Waals surface area contributed by atoms with E-state index in [4.69, 9.17) is 17.3 Å². The fourth-order valence-corrected chi connectivity index (χ4v) is 4.31. The number of sulfonamides is 1. The van der Waals surface area contributed by atoms with E-state index in [9.17, 15) is 12.8 Å². The zero-order valence-electron chi connectivity index (χ0n) is 12.2. The van der Waals surface area contributed by atoms with Crippen LogP contribution in [-0.2, 0) is 16.6 Å². The molecular formula is C14H20ClFN2O2S. The van der Waals surface area contributed by atoms with Gasteiger partial charge in [0, 0.05) is 30.2 Å². The Morgan fingerprint density at radius 3 is 2.43 bits per heavy atom. The molecule has 0 aromatic heterocycles. The maximum atomic E-state index is 14.3. The van der Waals surface area contributed by atoms with Crippen LogP contribution in [0.25, 0.3) is 0 Å². The van der Waals surface area contributed by atoms with E-state index >= 15 is 0 Å². The number of hydrogen-bond acceptors (Lipinski definition) is 3. The average molecular weight is 335 g/mol. The van der Waals surface area contributed by atoms with Crippen LogP contribution in [0.5, 0.6) is 0 Å². The van der Waals surface area contributed by atoms with Crippen molar-refractivity contribution in [2.45, 2.75) is 38.1 Å². The third kappa shape index (κ3) is 3.39. The van der Waals surface area contributed by atoms with Crippen molar-refractivity contribution in [3.8, 4) is 0 Å². The Kier molecular flexibility index (Phi) is 4.63. The molecule has 0 atom stereocenters. The number of piperidine rings is 1. The van der Waals surface area contributed by atoms with E-state index in [0.29, 0.717) is 13.1 Å². The molecule has 0 spiro atoms. The zero-order valence-corrected chi connectivity index (χ0v) is 13.8. The van der Waals surface area contributed by atoms with Gasteiger partial charge in [-0.1, -0.05) is 25.4 Å². The van der Waals surface area contributed by atoms with Crippen molar-refractivity contribution >= 4 is 21.6 Å². The standard InChI is InChI=1S/C14H20ClFN2O2S/c1-14(2)3-5-18(6-4-14)21(19,20)12-8-11(15)7-10(9-17)13(12)16/h7-8H,3-6,9,17H2,1-2H3. The molecule has 0 unspecified atom stereocenters. The molecule has 1 saturated heterocycles. The molecule has 1 fully saturated rings. The van der Waals surface area contributed by atoms with Gasteiger partial charge in [-0.2, -0.15) is 4.31 Å². The van der Waals surface area contributed by atoms with Gasteiger partial charge in [-0.05, 0) is 30.4 Å². The second-order valence-electron chi connectivity index (χ2n) is 6.15. The highest BCUT2D eigenvalue weighted by molar-refractivity contribution is 7.89. The quantitative estimate of drug-likeness (QED) is 0.924. The first-order chi connectivity index (χ1) is 9.67. The van der Waals surface area contributed by atoms with Gasteiger partial charge >= 0.3 is 0 Å². The van der Waals surface area contributed by atoms with Gasteiger partial charge in [0.1, 0.15) is 10.7 Å². The predicted octanol–water partition coefficient (Wildman–Crippen LogP) is 2.75. The summed E-state index contributed by atoms with van der Waals surface area (Å²) in [5, 5.41) is 0.174. The Bertz CT molecular complexity index is 637. The van der Waals surface area contributed by atoms with Crippen molar-refractivity contribution < 1.29 is 12.8 Å². The molecule has 1 aromatic carbocycles. The van der Waals surface area contributed by atoms with Gasteiger partial charge in [0.15, 0.2) is 0 Å². The topological polar surface area (TPSA) is 63.4 Å². The fourth-order valence-electron chi connectivity index (χ4n) is 2.43. The third-order valence-electron chi connectivity index (χ3n) is 3.99. The first kappa shape index (κ1) is 16.7. The molecule has 0 amide bonds. The lowest BCUT2D eigenvalue weighted by atomic mass is 9.83. The van der Waals surface area contributed by atoms with Crippen LogP contribution >= 0.6 is 11.6 Å². The molecule has 21 heavy (non-hydrogen) atoms. The van der Waals surface area contributed by atoms with Crippen molar-refractivity contribution in [3.05, 3.63) is 28.5 Å². The van der Waals surface area contributed by atoms with Crippen LogP contribution in [0.15, 0.2) is 17.0 Å². The predicted molar refractivity (Wildman–Crippen MR) is 81.1 cm³/mol. The largest absolute Gasteiger partial charge is 0.326 e. The number of benzene rings is 1. The monoisotopic (exact) mass is 334 g/mol. The van der Waals surface area contributed by atoms with Gasteiger partial charge in [-0.15, -0.1) is 0 Å². The summed E-state index contributed by atoms with van der Waals surface area (Å²) < 4.78 is 40.9. The Balaban J connectivity index is 2.39. The number of nitrogens with zero attached hydrogens (tertiary/aromatic N) is 1. The molecule has 118 valence electrons. The number of hydrogen-bond donors (Lipinski definition) is 1. The van der Waals surface area contributed by atoms with Crippen molar-refractivity contribution in [2.24, 2.45) is 11.1 Å². The highest BCUT2D eigenvalue weighted by atomic mass is 35.5. The summed E-state index contributed by atoms with van der Waals surface area (Å²) in [5.74, 6) is -0.799. The van der Waals surface area contributed by atoms with Crippen LogP contribution in [-0.4, -0.2) is 25.8 Å². The second-order valence-corrected chi connectivity index (χ2v) is 8.49. The highest BCUT2D eigenvalue weighted by Crippen LogP contribution is 2.34.